The second-order valence-electron chi connectivity index (χ2n) is 4.01. The van der Waals surface area contributed by atoms with Crippen LogP contribution in [0.15, 0.2) is 35.1 Å². The summed E-state index contributed by atoms with van der Waals surface area (Å²) in [4.78, 5) is 16.0. The summed E-state index contributed by atoms with van der Waals surface area (Å²) < 4.78 is 5.01. The number of nitrogens with zero attached hydrogens (tertiary/aromatic N) is 1. The molecule has 3 N–H and O–H groups in total. The molecule has 5 nitrogen and oxygen atoms in total. The topological polar surface area (TPSA) is 81.2 Å². The van der Waals surface area contributed by atoms with Gasteiger partial charge in [-0.25, -0.2) is 4.98 Å². The monoisotopic (exact) mass is 275 g/mol. The number of hydrogen-bond donors (Lipinski definition) is 2. The largest absolute Gasteiger partial charge is 0.438 e. The van der Waals surface area contributed by atoms with Crippen LogP contribution in [0.5, 0.6) is 0 Å². The smallest absolute Gasteiger partial charge is 0.289 e. The Hall–Kier alpha value is -2.21. The first kappa shape index (κ1) is 13.2. The van der Waals surface area contributed by atoms with Crippen LogP contribution >= 0.6 is 12.2 Å². The van der Waals surface area contributed by atoms with Crippen molar-refractivity contribution in [2.75, 3.05) is 0 Å². The Bertz CT molecular complexity index is 605. The van der Waals surface area contributed by atoms with Crippen LogP contribution in [-0.4, -0.2) is 15.9 Å². The fraction of sp³-hybridized carbons (Fsp3) is 0.154. The molecule has 0 bridgehead atoms. The van der Waals surface area contributed by atoms with Gasteiger partial charge in [-0.15, -0.1) is 0 Å². The van der Waals surface area contributed by atoms with Gasteiger partial charge >= 0.3 is 0 Å². The zero-order valence-corrected chi connectivity index (χ0v) is 11.2. The lowest BCUT2D eigenvalue weighted by atomic mass is 10.1. The molecule has 0 fully saturated rings. The molecule has 1 amide bonds. The quantitative estimate of drug-likeness (QED) is 0.827. The van der Waals surface area contributed by atoms with E-state index in [1.54, 1.807) is 6.92 Å². The summed E-state index contributed by atoms with van der Waals surface area (Å²) in [6.07, 6.45) is 1.25. The van der Waals surface area contributed by atoms with E-state index in [-0.39, 0.29) is 11.7 Å². The molecule has 1 heterocycles. The van der Waals surface area contributed by atoms with Crippen LogP contribution in [0.3, 0.4) is 0 Å². The minimum Gasteiger partial charge on any atom is -0.438 e. The summed E-state index contributed by atoms with van der Waals surface area (Å²) in [7, 11) is 0. The molecule has 0 saturated heterocycles. The second-order valence-corrected chi connectivity index (χ2v) is 4.45. The summed E-state index contributed by atoms with van der Waals surface area (Å²) in [6, 6.07) is 7.37. The van der Waals surface area contributed by atoms with Crippen LogP contribution in [0, 0.1) is 6.92 Å². The van der Waals surface area contributed by atoms with Gasteiger partial charge in [0, 0.05) is 12.1 Å². The summed E-state index contributed by atoms with van der Waals surface area (Å²) in [5, 5.41) is 2.75. The summed E-state index contributed by atoms with van der Waals surface area (Å²) >= 11 is 4.87. The van der Waals surface area contributed by atoms with Gasteiger partial charge < -0.3 is 15.5 Å². The fourth-order valence-electron chi connectivity index (χ4n) is 1.57. The van der Waals surface area contributed by atoms with Crippen molar-refractivity contribution in [3.05, 3.63) is 53.2 Å². The van der Waals surface area contributed by atoms with E-state index in [0.29, 0.717) is 17.2 Å². The van der Waals surface area contributed by atoms with E-state index in [1.807, 2.05) is 24.3 Å². The first-order valence-electron chi connectivity index (χ1n) is 5.65. The number of nitrogens with two attached hydrogens (primary N) is 1. The molecular weight excluding hydrogens is 262 g/mol. The number of carbonyl (C=O) groups is 1. The van der Waals surface area contributed by atoms with Crippen LogP contribution in [0.1, 0.15) is 27.4 Å². The molecule has 0 unspecified atom stereocenters. The third-order valence-electron chi connectivity index (χ3n) is 2.64. The van der Waals surface area contributed by atoms with Crippen LogP contribution in [0.2, 0.25) is 0 Å². The number of amides is 1. The first-order chi connectivity index (χ1) is 9.08. The van der Waals surface area contributed by atoms with Crippen LogP contribution in [0.4, 0.5) is 0 Å². The first-order valence-corrected chi connectivity index (χ1v) is 6.06. The molecule has 98 valence electrons. The molecule has 2 aromatic rings. The van der Waals surface area contributed by atoms with Crippen molar-refractivity contribution >= 4 is 23.1 Å². The van der Waals surface area contributed by atoms with Crippen molar-refractivity contribution in [2.45, 2.75) is 13.5 Å². The molecule has 0 aliphatic rings. The van der Waals surface area contributed by atoms with Gasteiger partial charge in [-0.05, 0) is 12.5 Å². The highest BCUT2D eigenvalue weighted by Gasteiger charge is 2.13. The lowest BCUT2D eigenvalue weighted by Crippen LogP contribution is -2.23. The van der Waals surface area contributed by atoms with Gasteiger partial charge in [0.1, 0.15) is 4.99 Å². The average Bonchev–Trinajstić information content (AvgIpc) is 2.83. The molecule has 0 aliphatic carbocycles. The maximum absolute atomic E-state index is 11.8. The molecule has 0 saturated carbocycles. The number of thiocarbonyl (C=S) groups is 1. The molecule has 0 radical (unpaired) electrons. The Labute approximate surface area is 115 Å². The van der Waals surface area contributed by atoms with E-state index in [1.165, 1.54) is 6.39 Å². The molecule has 2 rings (SSSR count). The van der Waals surface area contributed by atoms with E-state index in [2.05, 4.69) is 10.3 Å². The van der Waals surface area contributed by atoms with E-state index in [0.717, 1.165) is 11.1 Å². The zero-order valence-electron chi connectivity index (χ0n) is 10.3. The standard InChI is InChI=1S/C13H13N3O2S/c1-8-11(18-7-16-8)13(17)15-6-9-2-4-10(5-3-9)12(14)19/h2-5,7H,6H2,1H3,(H2,14,19)(H,15,17). The van der Waals surface area contributed by atoms with E-state index < -0.39 is 0 Å². The Balaban J connectivity index is 1.97. The van der Waals surface area contributed by atoms with Gasteiger partial charge in [-0.3, -0.25) is 4.79 Å². The van der Waals surface area contributed by atoms with Crippen LogP contribution in [-0.2, 0) is 6.54 Å². The second kappa shape index (κ2) is 5.62. The number of benzene rings is 1. The lowest BCUT2D eigenvalue weighted by Gasteiger charge is -2.05. The fourth-order valence-corrected chi connectivity index (χ4v) is 1.71. The lowest BCUT2D eigenvalue weighted by molar-refractivity contribution is 0.0922. The predicted octanol–water partition coefficient (Wildman–Crippen LogP) is 1.55. The molecule has 0 aliphatic heterocycles. The molecule has 0 atom stereocenters. The van der Waals surface area contributed by atoms with Crippen molar-refractivity contribution in [3.8, 4) is 0 Å². The van der Waals surface area contributed by atoms with Gasteiger partial charge in [0.2, 0.25) is 5.76 Å². The Morgan fingerprint density at radius 3 is 2.63 bits per heavy atom. The number of aromatic nitrogens is 1. The number of nitrogens with one attached hydrogen (secondary N) is 1. The van der Waals surface area contributed by atoms with E-state index in [4.69, 9.17) is 22.4 Å². The maximum atomic E-state index is 11.8. The van der Waals surface area contributed by atoms with Crippen molar-refractivity contribution in [1.82, 2.24) is 10.3 Å². The predicted molar refractivity (Wildman–Crippen MR) is 74.7 cm³/mol. The van der Waals surface area contributed by atoms with E-state index in [9.17, 15) is 4.79 Å². The summed E-state index contributed by atoms with van der Waals surface area (Å²) in [5.74, 6) is -0.0480. The minimum absolute atomic E-state index is 0.236. The number of rotatable bonds is 4. The molecule has 1 aromatic heterocycles. The number of oxazole rings is 1. The molecule has 0 spiro atoms. The normalized spacial score (nSPS) is 10.2. The van der Waals surface area contributed by atoms with Crippen molar-refractivity contribution in [3.63, 3.8) is 0 Å². The third-order valence-corrected chi connectivity index (χ3v) is 2.88. The van der Waals surface area contributed by atoms with Gasteiger partial charge in [-0.2, -0.15) is 0 Å². The average molecular weight is 275 g/mol. The highest BCUT2D eigenvalue weighted by atomic mass is 32.1. The van der Waals surface area contributed by atoms with Gasteiger partial charge in [0.15, 0.2) is 6.39 Å². The van der Waals surface area contributed by atoms with Crippen molar-refractivity contribution in [1.29, 1.82) is 0 Å². The van der Waals surface area contributed by atoms with Crippen LogP contribution < -0.4 is 11.1 Å². The number of carbonyl (C=O) groups excluding carboxylic acids is 1. The SMILES string of the molecule is Cc1ncoc1C(=O)NCc1ccc(C(N)=S)cc1. The highest BCUT2D eigenvalue weighted by molar-refractivity contribution is 7.80. The molecule has 19 heavy (non-hydrogen) atoms. The Morgan fingerprint density at radius 2 is 2.11 bits per heavy atom. The Kier molecular flexibility index (Phi) is 3.91. The maximum Gasteiger partial charge on any atom is 0.289 e. The number of hydrogen-bond acceptors (Lipinski definition) is 4. The van der Waals surface area contributed by atoms with Crippen molar-refractivity contribution < 1.29 is 9.21 Å². The van der Waals surface area contributed by atoms with Crippen LogP contribution in [0.25, 0.3) is 0 Å². The van der Waals surface area contributed by atoms with Gasteiger partial charge in [-0.1, -0.05) is 36.5 Å². The van der Waals surface area contributed by atoms with Gasteiger partial charge in [0.25, 0.3) is 5.91 Å². The van der Waals surface area contributed by atoms with Crippen molar-refractivity contribution in [2.24, 2.45) is 5.73 Å². The molecule has 1 aromatic carbocycles. The third kappa shape index (κ3) is 3.17. The summed E-state index contributed by atoms with van der Waals surface area (Å²) in [5.41, 5.74) is 7.83. The molecule has 6 heteroatoms. The number of aryl methyl sites for hydroxylation is 1. The Morgan fingerprint density at radius 1 is 1.42 bits per heavy atom. The minimum atomic E-state index is -0.284. The molecular formula is C13H13N3O2S. The zero-order chi connectivity index (χ0) is 13.8. The van der Waals surface area contributed by atoms with E-state index >= 15 is 0 Å². The highest BCUT2D eigenvalue weighted by Crippen LogP contribution is 2.07. The summed E-state index contributed by atoms with van der Waals surface area (Å²) in [6.45, 7) is 2.12. The van der Waals surface area contributed by atoms with Gasteiger partial charge in [0.05, 0.1) is 5.69 Å².